The third kappa shape index (κ3) is 4.49. The highest BCUT2D eigenvalue weighted by Crippen LogP contribution is 2.32. The van der Waals surface area contributed by atoms with Crippen molar-refractivity contribution in [1.82, 2.24) is 9.88 Å². The van der Waals surface area contributed by atoms with Crippen molar-refractivity contribution in [3.8, 4) is 11.5 Å². The first-order chi connectivity index (χ1) is 16.4. The van der Waals surface area contributed by atoms with Gasteiger partial charge in [-0.25, -0.2) is 8.42 Å². The van der Waals surface area contributed by atoms with Gasteiger partial charge in [0.1, 0.15) is 6.54 Å². The molecule has 2 heterocycles. The molecule has 0 radical (unpaired) electrons. The zero-order chi connectivity index (χ0) is 23.7. The summed E-state index contributed by atoms with van der Waals surface area (Å²) in [5.74, 6) is 1.03. The molecule has 1 N–H and O–H groups in total. The molecule has 5 rings (SSSR count). The maximum Gasteiger partial charge on any atom is 0.240 e. The highest BCUT2D eigenvalue weighted by molar-refractivity contribution is 7.90. The van der Waals surface area contributed by atoms with E-state index in [-0.39, 0.29) is 29.9 Å². The van der Waals surface area contributed by atoms with Gasteiger partial charge in [0, 0.05) is 23.6 Å². The van der Waals surface area contributed by atoms with Crippen molar-refractivity contribution in [2.75, 3.05) is 6.79 Å². The minimum Gasteiger partial charge on any atom is -0.454 e. The number of nitrogens with one attached hydrogen (secondary N) is 1. The zero-order valence-corrected chi connectivity index (χ0v) is 19.5. The summed E-state index contributed by atoms with van der Waals surface area (Å²) in [5, 5.41) is 3.50. The fourth-order valence-corrected chi connectivity index (χ4v) is 5.62. The average molecular weight is 477 g/mol. The van der Waals surface area contributed by atoms with E-state index in [1.807, 2.05) is 61.5 Å². The standard InChI is InChI=1S/C26H24N2O5S/c1-18-6-8-19(9-7-18)16-34(30,31)25-14-28(22-5-3-2-4-21(22)25)15-26(29)27-13-20-10-11-23-24(12-20)33-17-32-23/h2-12,14H,13,15-17H2,1H3,(H,27,29). The van der Waals surface area contributed by atoms with Gasteiger partial charge < -0.3 is 19.4 Å². The van der Waals surface area contributed by atoms with Crippen LogP contribution in [0.25, 0.3) is 10.9 Å². The molecule has 0 spiro atoms. The Kier molecular flexibility index (Phi) is 5.75. The van der Waals surface area contributed by atoms with Crippen molar-refractivity contribution < 1.29 is 22.7 Å². The van der Waals surface area contributed by atoms with Gasteiger partial charge in [0.15, 0.2) is 21.3 Å². The van der Waals surface area contributed by atoms with Gasteiger partial charge in [-0.05, 0) is 36.2 Å². The van der Waals surface area contributed by atoms with Gasteiger partial charge in [-0.3, -0.25) is 4.79 Å². The number of ether oxygens (including phenoxy) is 2. The molecular formula is C26H24N2O5S. The van der Waals surface area contributed by atoms with E-state index in [9.17, 15) is 13.2 Å². The second kappa shape index (κ2) is 8.87. The summed E-state index contributed by atoms with van der Waals surface area (Å²) < 4.78 is 38.9. The van der Waals surface area contributed by atoms with Crippen LogP contribution in [0.2, 0.25) is 0 Å². The van der Waals surface area contributed by atoms with Gasteiger partial charge in [-0.1, -0.05) is 54.1 Å². The summed E-state index contributed by atoms with van der Waals surface area (Å²) in [6, 6.07) is 20.2. The lowest BCUT2D eigenvalue weighted by molar-refractivity contribution is -0.121. The van der Waals surface area contributed by atoms with Crippen molar-refractivity contribution in [3.63, 3.8) is 0 Å². The Morgan fingerprint density at radius 2 is 1.71 bits per heavy atom. The van der Waals surface area contributed by atoms with Crippen molar-refractivity contribution in [2.45, 2.75) is 30.7 Å². The number of hydrogen-bond acceptors (Lipinski definition) is 5. The van der Waals surface area contributed by atoms with Gasteiger partial charge in [-0.15, -0.1) is 0 Å². The SMILES string of the molecule is Cc1ccc(CS(=O)(=O)c2cn(CC(=O)NCc3ccc4c(c3)OCO4)c3ccccc23)cc1. The fraction of sp³-hybridized carbons (Fsp3) is 0.192. The Morgan fingerprint density at radius 3 is 2.53 bits per heavy atom. The number of nitrogens with zero attached hydrogens (tertiary/aromatic N) is 1. The van der Waals surface area contributed by atoms with Crippen LogP contribution in [-0.2, 0) is 33.5 Å². The molecule has 174 valence electrons. The number of amides is 1. The maximum atomic E-state index is 13.3. The van der Waals surface area contributed by atoms with E-state index in [1.165, 1.54) is 0 Å². The Labute approximate surface area is 197 Å². The predicted octanol–water partition coefficient (Wildman–Crippen LogP) is 3.97. The number of aryl methyl sites for hydroxylation is 1. The van der Waals surface area contributed by atoms with Crippen LogP contribution in [0.3, 0.4) is 0 Å². The number of aromatic nitrogens is 1. The second-order valence-corrected chi connectivity index (χ2v) is 10.3. The topological polar surface area (TPSA) is 86.6 Å². The molecule has 4 aromatic rings. The second-order valence-electron chi connectivity index (χ2n) is 8.35. The van der Waals surface area contributed by atoms with E-state index in [2.05, 4.69) is 5.32 Å². The molecule has 1 amide bonds. The molecule has 1 aliphatic rings. The van der Waals surface area contributed by atoms with Crippen molar-refractivity contribution >= 4 is 26.6 Å². The number of fused-ring (bicyclic) bond motifs is 2. The Hall–Kier alpha value is -3.78. The number of carbonyl (C=O) groups excluding carboxylic acids is 1. The minimum atomic E-state index is -3.61. The van der Waals surface area contributed by atoms with Gasteiger partial charge in [0.2, 0.25) is 12.7 Å². The first kappa shape index (κ1) is 22.0. The van der Waals surface area contributed by atoms with E-state index >= 15 is 0 Å². The molecule has 3 aromatic carbocycles. The van der Waals surface area contributed by atoms with Crippen molar-refractivity contribution in [2.24, 2.45) is 0 Å². The van der Waals surface area contributed by atoms with Gasteiger partial charge in [0.25, 0.3) is 0 Å². The van der Waals surface area contributed by atoms with Crippen LogP contribution in [0.1, 0.15) is 16.7 Å². The third-order valence-electron chi connectivity index (χ3n) is 5.80. The van der Waals surface area contributed by atoms with E-state index in [1.54, 1.807) is 22.9 Å². The van der Waals surface area contributed by atoms with E-state index in [0.717, 1.165) is 16.7 Å². The van der Waals surface area contributed by atoms with Crippen LogP contribution in [0.5, 0.6) is 11.5 Å². The van der Waals surface area contributed by atoms with Crippen LogP contribution in [0.4, 0.5) is 0 Å². The van der Waals surface area contributed by atoms with Crippen molar-refractivity contribution in [1.29, 1.82) is 0 Å². The number of para-hydroxylation sites is 1. The lowest BCUT2D eigenvalue weighted by Crippen LogP contribution is -2.26. The van der Waals surface area contributed by atoms with Gasteiger partial charge in [0.05, 0.1) is 10.6 Å². The Bertz CT molecular complexity index is 1470. The number of rotatable bonds is 7. The quantitative estimate of drug-likeness (QED) is 0.436. The summed E-state index contributed by atoms with van der Waals surface area (Å²) >= 11 is 0. The molecule has 34 heavy (non-hydrogen) atoms. The highest BCUT2D eigenvalue weighted by atomic mass is 32.2. The van der Waals surface area contributed by atoms with E-state index in [0.29, 0.717) is 28.9 Å². The molecule has 0 fully saturated rings. The molecule has 1 aliphatic heterocycles. The molecule has 0 saturated heterocycles. The van der Waals surface area contributed by atoms with Crippen LogP contribution < -0.4 is 14.8 Å². The van der Waals surface area contributed by atoms with Gasteiger partial charge in [-0.2, -0.15) is 0 Å². The van der Waals surface area contributed by atoms with Crippen LogP contribution >= 0.6 is 0 Å². The fourth-order valence-electron chi connectivity index (χ4n) is 4.04. The summed E-state index contributed by atoms with van der Waals surface area (Å²) in [5.41, 5.74) is 3.38. The predicted molar refractivity (Wildman–Crippen MR) is 128 cm³/mol. The summed E-state index contributed by atoms with van der Waals surface area (Å²) in [7, 11) is -3.61. The van der Waals surface area contributed by atoms with Crippen LogP contribution in [0.15, 0.2) is 77.8 Å². The lowest BCUT2D eigenvalue weighted by atomic mass is 10.2. The molecule has 0 atom stereocenters. The minimum absolute atomic E-state index is 0.00508. The monoisotopic (exact) mass is 476 g/mol. The lowest BCUT2D eigenvalue weighted by Gasteiger charge is -2.08. The number of benzene rings is 3. The molecule has 8 heteroatoms. The van der Waals surface area contributed by atoms with Crippen molar-refractivity contribution in [3.05, 3.63) is 89.6 Å². The molecule has 1 aromatic heterocycles. The van der Waals surface area contributed by atoms with Crippen LogP contribution in [-0.4, -0.2) is 25.7 Å². The molecule has 0 saturated carbocycles. The summed E-state index contributed by atoms with van der Waals surface area (Å²) in [6.07, 6.45) is 1.56. The van der Waals surface area contributed by atoms with E-state index < -0.39 is 9.84 Å². The maximum absolute atomic E-state index is 13.3. The summed E-state index contributed by atoms with van der Waals surface area (Å²) in [4.78, 5) is 12.9. The first-order valence-electron chi connectivity index (χ1n) is 10.9. The van der Waals surface area contributed by atoms with E-state index in [4.69, 9.17) is 9.47 Å². The number of hydrogen-bond donors (Lipinski definition) is 1. The number of sulfone groups is 1. The normalized spacial score (nSPS) is 12.7. The summed E-state index contributed by atoms with van der Waals surface area (Å²) in [6.45, 7) is 2.49. The van der Waals surface area contributed by atoms with Crippen LogP contribution in [0, 0.1) is 6.92 Å². The average Bonchev–Trinajstić information content (AvgIpc) is 3.44. The molecular weight excluding hydrogens is 452 g/mol. The first-order valence-corrected chi connectivity index (χ1v) is 12.6. The highest BCUT2D eigenvalue weighted by Gasteiger charge is 2.22. The zero-order valence-electron chi connectivity index (χ0n) is 18.7. The molecule has 0 bridgehead atoms. The molecule has 0 aliphatic carbocycles. The Balaban J connectivity index is 1.34. The molecule has 0 unspecified atom stereocenters. The molecule has 7 nitrogen and oxygen atoms in total. The largest absolute Gasteiger partial charge is 0.454 e. The smallest absolute Gasteiger partial charge is 0.240 e. The van der Waals surface area contributed by atoms with Gasteiger partial charge >= 0.3 is 0 Å². The number of carbonyl (C=O) groups is 1. The third-order valence-corrected chi connectivity index (χ3v) is 7.51. The Morgan fingerprint density at radius 1 is 0.971 bits per heavy atom.